The van der Waals surface area contributed by atoms with Gasteiger partial charge in [0, 0.05) is 6.42 Å². The maximum absolute atomic E-state index is 12.8. The van der Waals surface area contributed by atoms with Gasteiger partial charge in [-0.15, -0.1) is 0 Å². The van der Waals surface area contributed by atoms with Crippen molar-refractivity contribution in [3.8, 4) is 0 Å². The molecule has 0 aromatic carbocycles. The van der Waals surface area contributed by atoms with Crippen LogP contribution < -0.4 is 0 Å². The van der Waals surface area contributed by atoms with E-state index in [4.69, 9.17) is 18.9 Å². The van der Waals surface area contributed by atoms with E-state index in [0.29, 0.717) is 6.42 Å². The first-order valence-corrected chi connectivity index (χ1v) is 22.7. The van der Waals surface area contributed by atoms with Crippen LogP contribution >= 0.6 is 0 Å². The lowest BCUT2D eigenvalue weighted by molar-refractivity contribution is -0.306. The van der Waals surface area contributed by atoms with Gasteiger partial charge in [0.2, 0.25) is 0 Å². The Labute approximate surface area is 330 Å². The molecule has 1 fully saturated rings. The van der Waals surface area contributed by atoms with Gasteiger partial charge in [-0.2, -0.15) is 0 Å². The normalized spacial score (nSPS) is 21.4. The van der Waals surface area contributed by atoms with Crippen LogP contribution in [0.15, 0.2) is 0 Å². The number of ether oxygens (including phenoxy) is 4. The highest BCUT2D eigenvalue weighted by Gasteiger charge is 2.44. The lowest BCUT2D eigenvalue weighted by Gasteiger charge is -2.39. The summed E-state index contributed by atoms with van der Waals surface area (Å²) in [5.74, 6) is -0.392. The number of carbonyl (C=O) groups excluding carboxylic acids is 1. The number of unbranched alkanes of at least 4 members (excludes halogenated alkanes) is 27. The van der Waals surface area contributed by atoms with Crippen LogP contribution in [0.3, 0.4) is 0 Å². The second-order valence-corrected chi connectivity index (χ2v) is 16.0. The molecule has 0 spiro atoms. The van der Waals surface area contributed by atoms with E-state index in [1.54, 1.807) is 0 Å². The Morgan fingerprint density at radius 2 is 0.963 bits per heavy atom. The zero-order valence-electron chi connectivity index (χ0n) is 34.9. The highest BCUT2D eigenvalue weighted by atomic mass is 16.7. The summed E-state index contributed by atoms with van der Waals surface area (Å²) in [4.78, 5) is 12.8. The van der Waals surface area contributed by atoms with Gasteiger partial charge in [0.05, 0.1) is 19.8 Å². The van der Waals surface area contributed by atoms with E-state index in [1.807, 2.05) is 0 Å². The Morgan fingerprint density at radius 1 is 0.556 bits per heavy atom. The molecule has 1 aliphatic heterocycles. The van der Waals surface area contributed by atoms with Gasteiger partial charge in [0.1, 0.15) is 30.5 Å². The Bertz CT molecular complexity index is 814. The predicted octanol–water partition coefficient (Wildman–Crippen LogP) is 9.18. The fraction of sp³-hybridized carbons (Fsp3) is 0.977. The summed E-state index contributed by atoms with van der Waals surface area (Å²) < 4.78 is 22.4. The van der Waals surface area contributed by atoms with Crippen molar-refractivity contribution >= 4 is 5.97 Å². The minimum atomic E-state index is -1.57. The van der Waals surface area contributed by atoms with Crippen molar-refractivity contribution in [2.24, 2.45) is 0 Å². The van der Waals surface area contributed by atoms with Crippen molar-refractivity contribution in [1.29, 1.82) is 0 Å². The van der Waals surface area contributed by atoms with E-state index < -0.39 is 55.7 Å². The fourth-order valence-electron chi connectivity index (χ4n) is 7.22. The highest BCUT2D eigenvalue weighted by Crippen LogP contribution is 2.23. The molecule has 1 aliphatic rings. The molecule has 0 saturated carbocycles. The van der Waals surface area contributed by atoms with E-state index >= 15 is 0 Å². The number of carbonyl (C=O) groups is 1. The van der Waals surface area contributed by atoms with Crippen molar-refractivity contribution < 1.29 is 49.3 Å². The van der Waals surface area contributed by atoms with Gasteiger partial charge in [0.15, 0.2) is 12.6 Å². The van der Waals surface area contributed by atoms with Crippen LogP contribution in [0.1, 0.15) is 213 Å². The van der Waals surface area contributed by atoms with Gasteiger partial charge in [0.25, 0.3) is 0 Å². The molecule has 0 aromatic heterocycles. The minimum Gasteiger partial charge on any atom is -0.457 e. The lowest BCUT2D eigenvalue weighted by Crippen LogP contribution is -2.59. The molecular weight excluding hydrogens is 688 g/mol. The maximum Gasteiger partial charge on any atom is 0.306 e. The molecular formula is C44H86O10. The van der Waals surface area contributed by atoms with Gasteiger partial charge in [-0.05, 0) is 19.3 Å². The van der Waals surface area contributed by atoms with Crippen LogP contribution in [0, 0.1) is 0 Å². The summed E-state index contributed by atoms with van der Waals surface area (Å²) in [6.07, 6.45) is 28.0. The number of hydrogen-bond donors (Lipinski definition) is 5. The van der Waals surface area contributed by atoms with Crippen molar-refractivity contribution in [3.05, 3.63) is 0 Å². The zero-order chi connectivity index (χ0) is 39.5. The van der Waals surface area contributed by atoms with E-state index in [1.165, 1.54) is 148 Å². The van der Waals surface area contributed by atoms with Crippen molar-refractivity contribution in [3.63, 3.8) is 0 Å². The van der Waals surface area contributed by atoms with Gasteiger partial charge in [-0.25, -0.2) is 0 Å². The first kappa shape index (κ1) is 51.2. The van der Waals surface area contributed by atoms with E-state index in [2.05, 4.69) is 13.8 Å². The van der Waals surface area contributed by atoms with Crippen molar-refractivity contribution in [1.82, 2.24) is 0 Å². The Balaban J connectivity index is 2.31. The lowest BCUT2D eigenvalue weighted by atomic mass is 9.99. The number of rotatable bonds is 39. The molecule has 0 radical (unpaired) electrons. The second kappa shape index (κ2) is 36.5. The number of esters is 1. The summed E-state index contributed by atoms with van der Waals surface area (Å²) in [5, 5.41) is 50.6. The van der Waals surface area contributed by atoms with Crippen LogP contribution in [-0.2, 0) is 23.7 Å². The molecule has 322 valence electrons. The molecule has 1 rings (SSSR count). The molecule has 54 heavy (non-hydrogen) atoms. The van der Waals surface area contributed by atoms with Crippen LogP contribution in [0.25, 0.3) is 0 Å². The maximum atomic E-state index is 12.8. The number of aliphatic hydroxyl groups is 5. The smallest absolute Gasteiger partial charge is 0.306 e. The first-order chi connectivity index (χ1) is 26.3. The van der Waals surface area contributed by atoms with Crippen molar-refractivity contribution in [2.75, 3.05) is 19.8 Å². The molecule has 0 aromatic rings. The molecule has 5 N–H and O–H groups in total. The largest absolute Gasteiger partial charge is 0.457 e. The third-order valence-electron chi connectivity index (χ3n) is 10.9. The van der Waals surface area contributed by atoms with Gasteiger partial charge in [-0.1, -0.05) is 187 Å². The van der Waals surface area contributed by atoms with Gasteiger partial charge >= 0.3 is 5.97 Å². The molecule has 10 heteroatoms. The average Bonchev–Trinajstić information content (AvgIpc) is 3.17. The molecule has 1 unspecified atom stereocenters. The van der Waals surface area contributed by atoms with Gasteiger partial charge < -0.3 is 44.5 Å². The van der Waals surface area contributed by atoms with Crippen LogP contribution in [-0.4, -0.2) is 94.4 Å². The van der Waals surface area contributed by atoms with E-state index in [-0.39, 0.29) is 19.6 Å². The second-order valence-electron chi connectivity index (χ2n) is 16.0. The Morgan fingerprint density at radius 3 is 1.39 bits per heavy atom. The molecule has 7 atom stereocenters. The summed E-state index contributed by atoms with van der Waals surface area (Å²) in [5.41, 5.74) is 0. The number of aliphatic hydroxyl groups excluding tert-OH is 5. The molecule has 1 heterocycles. The summed E-state index contributed by atoms with van der Waals surface area (Å²) in [6, 6.07) is 0. The standard InChI is InChI=1S/C44H86O10/c1-3-5-7-9-11-13-15-17-19-21-22-24-26-28-30-32-39(46)51-35-37(36-52-44-43(50)42(49)41(48)38(34-45)54-44)53-40(47)33-31-29-27-25-23-20-18-16-14-12-10-8-6-4-2/h37-39,41-46,48-50H,3-36H2,1-2H3/t37-,38-,39?,41+,42+,43-,44-/m1/s1. The molecule has 1 saturated heterocycles. The number of hydrogen-bond acceptors (Lipinski definition) is 10. The van der Waals surface area contributed by atoms with Crippen molar-refractivity contribution in [2.45, 2.75) is 256 Å². The third-order valence-corrected chi connectivity index (χ3v) is 10.9. The van der Waals surface area contributed by atoms with E-state index in [9.17, 15) is 30.3 Å². The Kier molecular flexibility index (Phi) is 34.6. The van der Waals surface area contributed by atoms with Crippen LogP contribution in [0.4, 0.5) is 0 Å². The first-order valence-electron chi connectivity index (χ1n) is 22.7. The summed E-state index contributed by atoms with van der Waals surface area (Å²) in [7, 11) is 0. The van der Waals surface area contributed by atoms with E-state index in [0.717, 1.165) is 38.5 Å². The molecule has 0 amide bonds. The topological polar surface area (TPSA) is 155 Å². The predicted molar refractivity (Wildman–Crippen MR) is 216 cm³/mol. The van der Waals surface area contributed by atoms with Crippen LogP contribution in [0.5, 0.6) is 0 Å². The molecule has 0 bridgehead atoms. The zero-order valence-corrected chi connectivity index (χ0v) is 34.9. The summed E-state index contributed by atoms with van der Waals surface area (Å²) >= 11 is 0. The molecule has 10 nitrogen and oxygen atoms in total. The molecule has 0 aliphatic carbocycles. The summed E-state index contributed by atoms with van der Waals surface area (Å²) in [6.45, 7) is 3.61. The SMILES string of the molecule is CCCCCCCCCCCCCCCCCC(O)OC[C@H](CO[C@@H]1O[C@H](CO)[C@H](O)[C@H](O)[C@H]1O)OC(=O)CCCCCCCCCCCCCCCC. The average molecular weight is 775 g/mol. The Hall–Kier alpha value is -0.850. The third kappa shape index (κ3) is 27.7. The fourth-order valence-corrected chi connectivity index (χ4v) is 7.22. The highest BCUT2D eigenvalue weighted by molar-refractivity contribution is 5.69. The monoisotopic (exact) mass is 775 g/mol. The van der Waals surface area contributed by atoms with Gasteiger partial charge in [-0.3, -0.25) is 4.79 Å². The quantitative estimate of drug-likeness (QED) is 0.0232. The van der Waals surface area contributed by atoms with Crippen LogP contribution in [0.2, 0.25) is 0 Å². The minimum absolute atomic E-state index is 0.109.